The Kier molecular flexibility index (Phi) is 3.38. The van der Waals surface area contributed by atoms with E-state index in [9.17, 15) is 0 Å². The van der Waals surface area contributed by atoms with Crippen molar-refractivity contribution >= 4 is 11.3 Å². The predicted octanol–water partition coefficient (Wildman–Crippen LogP) is 3.89. The van der Waals surface area contributed by atoms with E-state index in [0.29, 0.717) is 6.04 Å². The zero-order valence-electron chi connectivity index (χ0n) is 12.9. The lowest BCUT2D eigenvalue weighted by molar-refractivity contribution is 0.317. The van der Waals surface area contributed by atoms with Gasteiger partial charge in [0.1, 0.15) is 5.82 Å². The molecule has 1 unspecified atom stereocenters. The van der Waals surface area contributed by atoms with Crippen LogP contribution in [0.4, 0.5) is 0 Å². The lowest BCUT2D eigenvalue weighted by Gasteiger charge is -2.19. The Morgan fingerprint density at radius 3 is 2.81 bits per heavy atom. The fourth-order valence-electron chi connectivity index (χ4n) is 3.54. The molecule has 0 aromatic carbocycles. The molecule has 1 aliphatic heterocycles. The third-order valence-electron chi connectivity index (χ3n) is 4.74. The van der Waals surface area contributed by atoms with Crippen LogP contribution in [0.25, 0.3) is 0 Å². The summed E-state index contributed by atoms with van der Waals surface area (Å²) >= 11 is 1.93. The molecule has 1 saturated carbocycles. The minimum Gasteiger partial charge on any atom is -0.328 e. The molecule has 2 aromatic rings. The number of rotatable bonds is 4. The van der Waals surface area contributed by atoms with Crippen molar-refractivity contribution in [3.8, 4) is 0 Å². The highest BCUT2D eigenvalue weighted by molar-refractivity contribution is 7.11. The molecule has 1 atom stereocenters. The Labute approximate surface area is 130 Å². The predicted molar refractivity (Wildman–Crippen MR) is 86.9 cm³/mol. The fraction of sp³-hybridized carbons (Fsp3) is 0.588. The molecule has 1 saturated heterocycles. The van der Waals surface area contributed by atoms with Gasteiger partial charge in [-0.2, -0.15) is 0 Å². The Hall–Kier alpha value is -1.13. The Morgan fingerprint density at radius 2 is 2.10 bits per heavy atom. The van der Waals surface area contributed by atoms with Crippen LogP contribution in [0, 0.1) is 13.8 Å². The smallest absolute Gasteiger partial charge is 0.112 e. The van der Waals surface area contributed by atoms with Gasteiger partial charge in [-0.25, -0.2) is 4.98 Å². The third kappa shape index (κ3) is 2.67. The number of aryl methyl sites for hydroxylation is 2. The van der Waals surface area contributed by atoms with E-state index in [2.05, 4.69) is 46.6 Å². The van der Waals surface area contributed by atoms with Crippen molar-refractivity contribution in [1.82, 2.24) is 14.5 Å². The number of hydrogen-bond donors (Lipinski definition) is 0. The molecule has 21 heavy (non-hydrogen) atoms. The average Bonchev–Trinajstić information content (AvgIpc) is 2.87. The van der Waals surface area contributed by atoms with Crippen molar-refractivity contribution in [2.24, 2.45) is 0 Å². The summed E-state index contributed by atoms with van der Waals surface area (Å²) in [4.78, 5) is 10.2. The lowest BCUT2D eigenvalue weighted by atomic mass is 10.2. The van der Waals surface area contributed by atoms with Crippen LogP contribution in [0.1, 0.15) is 52.5 Å². The van der Waals surface area contributed by atoms with Crippen molar-refractivity contribution in [1.29, 1.82) is 0 Å². The van der Waals surface area contributed by atoms with Gasteiger partial charge in [-0.15, -0.1) is 11.3 Å². The number of aromatic nitrogens is 2. The molecule has 0 N–H and O–H groups in total. The summed E-state index contributed by atoms with van der Waals surface area (Å²) in [5.41, 5.74) is 1.34. The maximum absolute atomic E-state index is 4.68. The van der Waals surface area contributed by atoms with Gasteiger partial charge in [-0.05, 0) is 45.2 Å². The quantitative estimate of drug-likeness (QED) is 0.854. The van der Waals surface area contributed by atoms with E-state index in [1.165, 1.54) is 53.6 Å². The molecule has 4 heteroatoms. The molecule has 2 aromatic heterocycles. The van der Waals surface area contributed by atoms with Gasteiger partial charge in [0.25, 0.3) is 0 Å². The second-order valence-electron chi connectivity index (χ2n) is 6.59. The molecule has 2 fully saturated rings. The largest absolute Gasteiger partial charge is 0.328 e. The number of hydrogen-bond acceptors (Lipinski definition) is 3. The van der Waals surface area contributed by atoms with Crippen LogP contribution in [-0.2, 0) is 6.54 Å². The Balaban J connectivity index is 1.47. The van der Waals surface area contributed by atoms with Gasteiger partial charge < -0.3 is 4.57 Å². The summed E-state index contributed by atoms with van der Waals surface area (Å²) in [6, 6.07) is 5.15. The van der Waals surface area contributed by atoms with E-state index < -0.39 is 0 Å². The molecule has 0 bridgehead atoms. The van der Waals surface area contributed by atoms with E-state index in [1.807, 2.05) is 11.3 Å². The number of nitrogens with zero attached hydrogens (tertiary/aromatic N) is 3. The van der Waals surface area contributed by atoms with Gasteiger partial charge in [0.15, 0.2) is 0 Å². The van der Waals surface area contributed by atoms with Crippen molar-refractivity contribution in [2.75, 3.05) is 13.1 Å². The monoisotopic (exact) mass is 301 g/mol. The highest BCUT2D eigenvalue weighted by Crippen LogP contribution is 2.41. The zero-order chi connectivity index (χ0) is 14.4. The number of thiophene rings is 1. The summed E-state index contributed by atoms with van der Waals surface area (Å²) in [5.74, 6) is 2.10. The van der Waals surface area contributed by atoms with Crippen LogP contribution in [0.3, 0.4) is 0 Å². The molecule has 2 aliphatic rings. The van der Waals surface area contributed by atoms with Gasteiger partial charge in [0, 0.05) is 53.2 Å². The minimum atomic E-state index is 0.629. The standard InChI is InChI=1S/C17H23N3S/c1-12-9-18-17(14-4-5-14)20(12)15-7-8-19(10-15)11-16-6-3-13(2)21-16/h3,6,9,14-15H,4-5,7-8,10-11H2,1-2H3. The van der Waals surface area contributed by atoms with Crippen molar-refractivity contribution in [3.05, 3.63) is 39.6 Å². The lowest BCUT2D eigenvalue weighted by Crippen LogP contribution is -2.21. The summed E-state index contributed by atoms with van der Waals surface area (Å²) in [5, 5.41) is 0. The van der Waals surface area contributed by atoms with E-state index in [-0.39, 0.29) is 0 Å². The summed E-state index contributed by atoms with van der Waals surface area (Å²) in [6.07, 6.45) is 6.00. The Bertz CT molecular complexity index is 638. The van der Waals surface area contributed by atoms with E-state index in [0.717, 1.165) is 12.5 Å². The minimum absolute atomic E-state index is 0.629. The molecule has 112 valence electrons. The van der Waals surface area contributed by atoms with Gasteiger partial charge in [0.05, 0.1) is 0 Å². The molecule has 4 rings (SSSR count). The summed E-state index contributed by atoms with van der Waals surface area (Å²) in [7, 11) is 0. The highest BCUT2D eigenvalue weighted by Gasteiger charge is 2.33. The van der Waals surface area contributed by atoms with Crippen LogP contribution >= 0.6 is 11.3 Å². The summed E-state index contributed by atoms with van der Waals surface area (Å²) < 4.78 is 2.54. The Morgan fingerprint density at radius 1 is 1.24 bits per heavy atom. The van der Waals surface area contributed by atoms with Crippen LogP contribution in [0.2, 0.25) is 0 Å². The third-order valence-corrected chi connectivity index (χ3v) is 5.73. The molecular weight excluding hydrogens is 278 g/mol. The second kappa shape index (κ2) is 5.25. The molecule has 1 aliphatic carbocycles. The van der Waals surface area contributed by atoms with Gasteiger partial charge in [-0.3, -0.25) is 4.90 Å². The van der Waals surface area contributed by atoms with Crippen LogP contribution in [-0.4, -0.2) is 27.5 Å². The molecule has 0 amide bonds. The molecule has 3 heterocycles. The zero-order valence-corrected chi connectivity index (χ0v) is 13.7. The maximum atomic E-state index is 4.68. The normalized spacial score (nSPS) is 23.0. The van der Waals surface area contributed by atoms with Crippen molar-refractivity contribution in [2.45, 2.75) is 51.6 Å². The van der Waals surface area contributed by atoms with Crippen molar-refractivity contribution < 1.29 is 0 Å². The maximum Gasteiger partial charge on any atom is 0.112 e. The van der Waals surface area contributed by atoms with E-state index in [1.54, 1.807) is 0 Å². The van der Waals surface area contributed by atoms with Crippen LogP contribution < -0.4 is 0 Å². The molecule has 3 nitrogen and oxygen atoms in total. The fourth-order valence-corrected chi connectivity index (χ4v) is 4.47. The average molecular weight is 301 g/mol. The first kappa shape index (κ1) is 13.5. The molecule has 0 radical (unpaired) electrons. The van der Waals surface area contributed by atoms with E-state index in [4.69, 9.17) is 0 Å². The molecule has 0 spiro atoms. The first-order chi connectivity index (χ1) is 10.2. The van der Waals surface area contributed by atoms with Gasteiger partial charge >= 0.3 is 0 Å². The highest BCUT2D eigenvalue weighted by atomic mass is 32.1. The van der Waals surface area contributed by atoms with Crippen LogP contribution in [0.5, 0.6) is 0 Å². The SMILES string of the molecule is Cc1ccc(CN2CCC(n3c(C)cnc3C3CC3)C2)s1. The number of likely N-dealkylation sites (tertiary alicyclic amines) is 1. The summed E-state index contributed by atoms with van der Waals surface area (Å²) in [6.45, 7) is 7.90. The topological polar surface area (TPSA) is 21.1 Å². The number of imidazole rings is 1. The van der Waals surface area contributed by atoms with Crippen molar-refractivity contribution in [3.63, 3.8) is 0 Å². The van der Waals surface area contributed by atoms with Gasteiger partial charge in [0.2, 0.25) is 0 Å². The van der Waals surface area contributed by atoms with E-state index >= 15 is 0 Å². The second-order valence-corrected chi connectivity index (χ2v) is 7.96. The first-order valence-electron chi connectivity index (χ1n) is 8.02. The van der Waals surface area contributed by atoms with Gasteiger partial charge in [-0.1, -0.05) is 0 Å². The van der Waals surface area contributed by atoms with Crippen LogP contribution in [0.15, 0.2) is 18.3 Å². The first-order valence-corrected chi connectivity index (χ1v) is 8.84. The molecular formula is C17H23N3S.